The SMILES string of the molecule is Cc1c(OC2CCC(C[C@H](C)CCN3CCN(c4ccc5c([C@@H]6CCC(=O)NC6=O)nn(C)c5c4)CC3)CC2)cccc1-c1ccc(N2CCc3cccc(C(=O)Nc4nc5ccccc5s4)c3C2)nc1C(=O)OC(C)(C)C. The standard InChI is InChI=1S/C62H71N9O6S/c1-38(27-29-69-31-33-70(34-32-69)42-19-22-47-51(36-42)68(6)67-56(47)48-24-26-55(72)65-59(48)74)35-40-17-20-43(21-18-40)76-52-15-10-12-44(39(52)2)45-23-25-54(64-57(45)60(75)77-62(3,4)5)71-30-28-41-11-9-13-46(49(41)37-71)58(73)66-61-63-50-14-7-8-16-53(50)78-61/h7-16,19,22-23,25,36,38,40,43,48H,17-18,20-21,24,26-35,37H2,1-6H3,(H,63,66,73)(H,65,72,74)/t38-,40?,43?,48+/m1/s1. The number of pyridine rings is 1. The number of imide groups is 1. The van der Waals surface area contributed by atoms with E-state index in [4.69, 9.17) is 19.6 Å². The molecule has 4 aromatic carbocycles. The molecule has 0 unspecified atom stereocenters. The van der Waals surface area contributed by atoms with E-state index in [0.717, 1.165) is 120 Å². The average molecular weight is 1070 g/mol. The molecule has 2 atom stereocenters. The number of anilines is 3. The second kappa shape index (κ2) is 22.3. The van der Waals surface area contributed by atoms with Gasteiger partial charge in [-0.15, -0.1) is 0 Å². The first-order chi connectivity index (χ1) is 37.6. The molecule has 2 N–H and O–H groups in total. The van der Waals surface area contributed by atoms with E-state index < -0.39 is 17.5 Å². The minimum atomic E-state index is -0.732. The van der Waals surface area contributed by atoms with Gasteiger partial charge in [-0.1, -0.05) is 54.7 Å². The zero-order chi connectivity index (χ0) is 54.2. The smallest absolute Gasteiger partial charge is 0.358 e. The van der Waals surface area contributed by atoms with Gasteiger partial charge in [0.15, 0.2) is 10.8 Å². The Kier molecular flexibility index (Phi) is 15.1. The van der Waals surface area contributed by atoms with Crippen LogP contribution < -0.4 is 25.2 Å². The van der Waals surface area contributed by atoms with Gasteiger partial charge in [0, 0.05) is 74.9 Å². The fourth-order valence-electron chi connectivity index (χ4n) is 12.1. The highest BCUT2D eigenvalue weighted by atomic mass is 32.1. The first kappa shape index (κ1) is 52.9. The molecule has 2 saturated heterocycles. The van der Waals surface area contributed by atoms with Crippen LogP contribution in [-0.4, -0.2) is 99.3 Å². The van der Waals surface area contributed by atoms with Crippen molar-refractivity contribution in [1.82, 2.24) is 30.0 Å². The molecule has 1 saturated carbocycles. The molecule has 3 amide bonds. The summed E-state index contributed by atoms with van der Waals surface area (Å²) in [6, 6.07) is 30.2. The molecule has 16 heteroatoms. The van der Waals surface area contributed by atoms with Gasteiger partial charge in [-0.05, 0) is 174 Å². The summed E-state index contributed by atoms with van der Waals surface area (Å²) < 4.78 is 15.7. The minimum absolute atomic E-state index is 0.119. The van der Waals surface area contributed by atoms with Crippen molar-refractivity contribution < 1.29 is 28.7 Å². The number of carbonyl (C=O) groups is 4. The maximum absolute atomic E-state index is 14.2. The Morgan fingerprint density at radius 3 is 2.42 bits per heavy atom. The first-order valence-corrected chi connectivity index (χ1v) is 28.7. The quantitative estimate of drug-likeness (QED) is 0.0784. The number of hydrogen-bond acceptors (Lipinski definition) is 13. The van der Waals surface area contributed by atoms with Crippen LogP contribution >= 0.6 is 11.3 Å². The van der Waals surface area contributed by atoms with E-state index in [1.165, 1.54) is 29.9 Å². The van der Waals surface area contributed by atoms with Crippen molar-refractivity contribution in [2.45, 2.75) is 117 Å². The lowest BCUT2D eigenvalue weighted by atomic mass is 9.81. The molecule has 3 fully saturated rings. The number of rotatable bonds is 14. The summed E-state index contributed by atoms with van der Waals surface area (Å²) in [5.74, 6) is 1.22. The van der Waals surface area contributed by atoms with Crippen LogP contribution in [0, 0.1) is 18.8 Å². The van der Waals surface area contributed by atoms with Gasteiger partial charge in [-0.25, -0.2) is 14.8 Å². The van der Waals surface area contributed by atoms with Crippen molar-refractivity contribution >= 4 is 72.8 Å². The van der Waals surface area contributed by atoms with Crippen LogP contribution in [0.2, 0.25) is 0 Å². The van der Waals surface area contributed by atoms with Gasteiger partial charge in [0.1, 0.15) is 17.2 Å². The van der Waals surface area contributed by atoms with Gasteiger partial charge in [0.05, 0.1) is 33.4 Å². The number of benzene rings is 4. The summed E-state index contributed by atoms with van der Waals surface area (Å²) in [6.45, 7) is 16.3. The molecule has 3 aliphatic heterocycles. The molecule has 0 radical (unpaired) electrons. The van der Waals surface area contributed by atoms with E-state index >= 15 is 0 Å². The highest BCUT2D eigenvalue weighted by Gasteiger charge is 2.33. The number of hydrogen-bond donors (Lipinski definition) is 2. The predicted octanol–water partition coefficient (Wildman–Crippen LogP) is 11.0. The second-order valence-corrected chi connectivity index (χ2v) is 24.0. The zero-order valence-electron chi connectivity index (χ0n) is 45.8. The minimum Gasteiger partial charge on any atom is -0.490 e. The number of thiazole rings is 1. The molecule has 1 aliphatic carbocycles. The van der Waals surface area contributed by atoms with Gasteiger partial charge < -0.3 is 19.3 Å². The highest BCUT2D eigenvalue weighted by molar-refractivity contribution is 7.22. The third-order valence-corrected chi connectivity index (χ3v) is 17.3. The summed E-state index contributed by atoms with van der Waals surface area (Å²) in [6.07, 6.45) is 8.39. The van der Waals surface area contributed by atoms with Crippen LogP contribution in [0.15, 0.2) is 91.0 Å². The summed E-state index contributed by atoms with van der Waals surface area (Å²) in [4.78, 5) is 69.3. The number of piperazine rings is 1. The molecule has 78 heavy (non-hydrogen) atoms. The van der Waals surface area contributed by atoms with Crippen molar-refractivity contribution in [3.8, 4) is 16.9 Å². The van der Waals surface area contributed by atoms with Crippen LogP contribution in [0.1, 0.15) is 128 Å². The van der Waals surface area contributed by atoms with Gasteiger partial charge in [0.2, 0.25) is 11.8 Å². The fourth-order valence-corrected chi connectivity index (χ4v) is 13.0. The average Bonchev–Trinajstić information content (AvgIpc) is 4.12. The van der Waals surface area contributed by atoms with E-state index in [1.807, 2.05) is 99.2 Å². The predicted molar refractivity (Wildman–Crippen MR) is 308 cm³/mol. The summed E-state index contributed by atoms with van der Waals surface area (Å²) in [5.41, 5.74) is 8.46. The molecule has 6 heterocycles. The summed E-state index contributed by atoms with van der Waals surface area (Å²) >= 11 is 1.45. The number of aromatic nitrogens is 4. The van der Waals surface area contributed by atoms with Crippen molar-refractivity contribution in [2.75, 3.05) is 54.4 Å². The Hall–Kier alpha value is -7.17. The Morgan fingerprint density at radius 1 is 0.846 bits per heavy atom. The maximum Gasteiger partial charge on any atom is 0.358 e. The number of carbonyl (C=O) groups excluding carboxylic acids is 4. The lowest BCUT2D eigenvalue weighted by Crippen LogP contribution is -2.46. The number of fused-ring (bicyclic) bond motifs is 3. The molecule has 7 aromatic rings. The number of ether oxygens (including phenoxy) is 2. The van der Waals surface area contributed by atoms with Crippen LogP contribution in [-0.2, 0) is 34.3 Å². The Bertz CT molecular complexity index is 3370. The number of amides is 3. The third-order valence-electron chi connectivity index (χ3n) is 16.3. The number of esters is 1. The lowest BCUT2D eigenvalue weighted by molar-refractivity contribution is -0.134. The normalized spacial score (nSPS) is 19.6. The van der Waals surface area contributed by atoms with E-state index in [1.54, 1.807) is 0 Å². The van der Waals surface area contributed by atoms with Crippen molar-refractivity contribution in [3.63, 3.8) is 0 Å². The zero-order valence-corrected chi connectivity index (χ0v) is 46.6. The summed E-state index contributed by atoms with van der Waals surface area (Å²) in [5, 5.41) is 11.8. The second-order valence-electron chi connectivity index (χ2n) is 23.0. The van der Waals surface area contributed by atoms with E-state index in [2.05, 4.69) is 68.4 Å². The molecule has 0 spiro atoms. The van der Waals surface area contributed by atoms with Crippen LogP contribution in [0.25, 0.3) is 32.2 Å². The first-order valence-electron chi connectivity index (χ1n) is 27.9. The molecule has 3 aromatic heterocycles. The van der Waals surface area contributed by atoms with E-state index in [9.17, 15) is 19.2 Å². The molecular formula is C62H71N9O6S. The number of piperidine rings is 1. The molecule has 11 rings (SSSR count). The molecule has 0 bridgehead atoms. The number of nitrogens with one attached hydrogen (secondary N) is 2. The van der Waals surface area contributed by atoms with Gasteiger partial charge in [-0.2, -0.15) is 5.10 Å². The van der Waals surface area contributed by atoms with Crippen LogP contribution in [0.3, 0.4) is 0 Å². The van der Waals surface area contributed by atoms with Gasteiger partial charge in [0.25, 0.3) is 5.91 Å². The monoisotopic (exact) mass is 1070 g/mol. The largest absolute Gasteiger partial charge is 0.490 e. The fraction of sp³-hybridized carbons (Fsp3) is 0.435. The molecule has 15 nitrogen and oxygen atoms in total. The maximum atomic E-state index is 14.2. The third kappa shape index (κ3) is 11.5. The molecular weight excluding hydrogens is 999 g/mol. The topological polar surface area (TPSA) is 164 Å². The van der Waals surface area contributed by atoms with Crippen molar-refractivity contribution in [2.24, 2.45) is 18.9 Å². The van der Waals surface area contributed by atoms with Gasteiger partial charge >= 0.3 is 5.97 Å². The number of para-hydroxylation sites is 1. The Labute approximate surface area is 460 Å². The number of aryl methyl sites for hydroxylation is 1. The lowest BCUT2D eigenvalue weighted by Gasteiger charge is -2.37. The van der Waals surface area contributed by atoms with Crippen molar-refractivity contribution in [3.05, 3.63) is 125 Å². The molecule has 4 aliphatic rings. The van der Waals surface area contributed by atoms with E-state index in [-0.39, 0.29) is 29.5 Å². The van der Waals surface area contributed by atoms with Gasteiger partial charge in [-0.3, -0.25) is 34.6 Å². The summed E-state index contributed by atoms with van der Waals surface area (Å²) in [7, 11) is 1.93. The van der Waals surface area contributed by atoms with E-state index in [0.29, 0.717) is 59.8 Å². The number of nitrogens with zero attached hydrogens (tertiary/aromatic N) is 7. The Morgan fingerprint density at radius 2 is 1.64 bits per heavy atom. The molecule has 406 valence electrons. The van der Waals surface area contributed by atoms with Crippen LogP contribution in [0.5, 0.6) is 5.75 Å². The Balaban J connectivity index is 0.685. The highest BCUT2D eigenvalue weighted by Crippen LogP contribution is 2.39. The van der Waals surface area contributed by atoms with Crippen molar-refractivity contribution in [1.29, 1.82) is 0 Å². The van der Waals surface area contributed by atoms with Crippen LogP contribution in [0.4, 0.5) is 16.6 Å².